The molecule has 1 aliphatic carbocycles. The molecule has 0 aromatic carbocycles. The first-order valence-corrected chi connectivity index (χ1v) is 7.06. The zero-order chi connectivity index (χ0) is 13.1. The molecule has 0 radical (unpaired) electrons. The molecule has 1 amide bonds. The van der Waals surface area contributed by atoms with Crippen LogP contribution in [0.15, 0.2) is 29.9 Å². The van der Waals surface area contributed by atoms with Crippen LogP contribution >= 0.6 is 11.3 Å². The number of hydrogen-bond donors (Lipinski definition) is 1. The van der Waals surface area contributed by atoms with Crippen molar-refractivity contribution < 1.29 is 4.79 Å². The summed E-state index contributed by atoms with van der Waals surface area (Å²) in [6, 6.07) is 3.93. The maximum Gasteiger partial charge on any atom is 0.249 e. The number of aryl methyl sites for hydroxylation is 1. The number of carbonyl (C=O) groups is 1. The largest absolute Gasteiger partial charge is 0.307 e. The molecule has 0 bridgehead atoms. The lowest BCUT2D eigenvalue weighted by molar-refractivity contribution is -0.111. The highest BCUT2D eigenvalue weighted by Gasteiger charge is 2.17. The molecule has 2 heterocycles. The van der Waals surface area contributed by atoms with E-state index in [1.165, 1.54) is 12.4 Å². The molecule has 0 spiro atoms. The lowest BCUT2D eigenvalue weighted by Gasteiger charge is -2.06. The fourth-order valence-corrected chi connectivity index (χ4v) is 2.79. The monoisotopic (exact) mass is 271 g/mol. The Morgan fingerprint density at radius 1 is 1.37 bits per heavy atom. The number of rotatable bonds is 3. The summed E-state index contributed by atoms with van der Waals surface area (Å²) in [6.45, 7) is 0. The topological polar surface area (TPSA) is 54.9 Å². The first-order chi connectivity index (χ1) is 9.33. The van der Waals surface area contributed by atoms with Crippen LogP contribution in [0.2, 0.25) is 0 Å². The van der Waals surface area contributed by atoms with E-state index in [1.807, 2.05) is 17.5 Å². The van der Waals surface area contributed by atoms with Crippen LogP contribution in [0.4, 0.5) is 5.82 Å². The van der Waals surface area contributed by atoms with Crippen molar-refractivity contribution in [3.8, 4) is 0 Å². The van der Waals surface area contributed by atoms with Gasteiger partial charge in [-0.1, -0.05) is 6.07 Å². The van der Waals surface area contributed by atoms with E-state index >= 15 is 0 Å². The molecule has 1 aliphatic rings. The van der Waals surface area contributed by atoms with E-state index in [1.54, 1.807) is 17.4 Å². The van der Waals surface area contributed by atoms with E-state index in [0.29, 0.717) is 5.82 Å². The van der Waals surface area contributed by atoms with Crippen LogP contribution in [0.25, 0.3) is 6.08 Å². The van der Waals surface area contributed by atoms with E-state index in [-0.39, 0.29) is 5.91 Å². The summed E-state index contributed by atoms with van der Waals surface area (Å²) in [4.78, 5) is 21.3. The van der Waals surface area contributed by atoms with Gasteiger partial charge < -0.3 is 5.32 Å². The third-order valence-electron chi connectivity index (χ3n) is 3.06. The average molecular weight is 271 g/mol. The molecule has 2 aromatic heterocycles. The van der Waals surface area contributed by atoms with E-state index in [0.717, 1.165) is 35.4 Å². The molecule has 96 valence electrons. The molecular formula is C14H13N3OS. The Morgan fingerprint density at radius 3 is 3.16 bits per heavy atom. The molecule has 3 rings (SSSR count). The van der Waals surface area contributed by atoms with Gasteiger partial charge in [0.15, 0.2) is 0 Å². The van der Waals surface area contributed by atoms with E-state index in [9.17, 15) is 4.79 Å². The van der Waals surface area contributed by atoms with Crippen LogP contribution in [-0.4, -0.2) is 15.9 Å². The highest BCUT2D eigenvalue weighted by molar-refractivity contribution is 7.10. The second-order valence-corrected chi connectivity index (χ2v) is 5.32. The van der Waals surface area contributed by atoms with Gasteiger partial charge in [0.2, 0.25) is 5.91 Å². The second kappa shape index (κ2) is 5.32. The third kappa shape index (κ3) is 2.71. The van der Waals surface area contributed by atoms with Crippen LogP contribution in [0, 0.1) is 0 Å². The normalized spacial score (nSPS) is 13.7. The van der Waals surface area contributed by atoms with E-state index < -0.39 is 0 Å². The van der Waals surface area contributed by atoms with Crippen molar-refractivity contribution >= 4 is 29.1 Å². The van der Waals surface area contributed by atoms with Gasteiger partial charge in [-0.3, -0.25) is 4.79 Å². The van der Waals surface area contributed by atoms with Crippen molar-refractivity contribution in [1.82, 2.24) is 9.97 Å². The number of nitrogens with one attached hydrogen (secondary N) is 1. The molecule has 1 N–H and O–H groups in total. The molecule has 4 nitrogen and oxygen atoms in total. The first kappa shape index (κ1) is 12.0. The Hall–Kier alpha value is -2.01. The molecule has 0 atom stereocenters. The third-order valence-corrected chi connectivity index (χ3v) is 3.90. The molecule has 0 fully saturated rings. The minimum atomic E-state index is -0.152. The quantitative estimate of drug-likeness (QED) is 0.873. The summed E-state index contributed by atoms with van der Waals surface area (Å²) >= 11 is 1.60. The number of aromatic nitrogens is 2. The molecule has 0 aliphatic heterocycles. The number of fused-ring (bicyclic) bond motifs is 1. The van der Waals surface area contributed by atoms with Crippen molar-refractivity contribution in [2.75, 3.05) is 5.32 Å². The van der Waals surface area contributed by atoms with Gasteiger partial charge in [-0.2, -0.15) is 0 Å². The zero-order valence-corrected chi connectivity index (χ0v) is 11.1. The molecule has 5 heteroatoms. The van der Waals surface area contributed by atoms with Crippen LogP contribution in [0.3, 0.4) is 0 Å². The molecule has 2 aromatic rings. The summed E-state index contributed by atoms with van der Waals surface area (Å²) in [6.07, 6.45) is 7.87. The summed E-state index contributed by atoms with van der Waals surface area (Å²) in [5.41, 5.74) is 2.15. The van der Waals surface area contributed by atoms with Crippen molar-refractivity contribution in [3.63, 3.8) is 0 Å². The summed E-state index contributed by atoms with van der Waals surface area (Å²) in [5.74, 6) is 0.504. The Bertz CT molecular complexity index is 620. The number of anilines is 1. The molecular weight excluding hydrogens is 258 g/mol. The van der Waals surface area contributed by atoms with Crippen LogP contribution < -0.4 is 5.32 Å². The first-order valence-electron chi connectivity index (χ1n) is 6.18. The lowest BCUT2D eigenvalue weighted by Crippen LogP contribution is -2.11. The van der Waals surface area contributed by atoms with Crippen molar-refractivity contribution in [2.24, 2.45) is 0 Å². The van der Waals surface area contributed by atoms with Gasteiger partial charge >= 0.3 is 0 Å². The fourth-order valence-electron chi connectivity index (χ4n) is 2.17. The van der Waals surface area contributed by atoms with Crippen LogP contribution in [0.5, 0.6) is 0 Å². The van der Waals surface area contributed by atoms with Gasteiger partial charge in [-0.15, -0.1) is 11.3 Å². The van der Waals surface area contributed by atoms with Crippen LogP contribution in [0.1, 0.15) is 22.6 Å². The number of nitrogens with zero attached hydrogens (tertiary/aromatic N) is 2. The Balaban J connectivity index is 1.72. The molecule has 0 unspecified atom stereocenters. The minimum Gasteiger partial charge on any atom is -0.307 e. The number of hydrogen-bond acceptors (Lipinski definition) is 4. The fraction of sp³-hybridized carbons (Fsp3) is 0.214. The summed E-state index contributed by atoms with van der Waals surface area (Å²) < 4.78 is 0. The van der Waals surface area contributed by atoms with Crippen molar-refractivity contribution in [3.05, 3.63) is 46.1 Å². The molecule has 19 heavy (non-hydrogen) atoms. The molecule has 0 saturated carbocycles. The predicted octanol–water partition coefficient (Wildman–Crippen LogP) is 2.68. The summed E-state index contributed by atoms with van der Waals surface area (Å²) in [7, 11) is 0. The Morgan fingerprint density at radius 2 is 2.32 bits per heavy atom. The van der Waals surface area contributed by atoms with Gasteiger partial charge in [-0.05, 0) is 36.8 Å². The number of carbonyl (C=O) groups excluding carboxylic acids is 1. The highest BCUT2D eigenvalue weighted by Crippen LogP contribution is 2.24. The van der Waals surface area contributed by atoms with E-state index in [4.69, 9.17) is 0 Å². The average Bonchev–Trinajstić information content (AvgIpc) is 3.08. The van der Waals surface area contributed by atoms with Gasteiger partial charge in [0.1, 0.15) is 12.1 Å². The van der Waals surface area contributed by atoms with Crippen molar-refractivity contribution in [2.45, 2.75) is 19.3 Å². The van der Waals surface area contributed by atoms with Crippen molar-refractivity contribution in [1.29, 1.82) is 0 Å². The van der Waals surface area contributed by atoms with Gasteiger partial charge in [0.25, 0.3) is 0 Å². The summed E-state index contributed by atoms with van der Waals surface area (Å²) in [5, 5.41) is 4.81. The SMILES string of the molecule is O=C(/C=C/c1cccs1)Nc1ncnc2c1CCC2. The zero-order valence-electron chi connectivity index (χ0n) is 10.3. The Kier molecular flexibility index (Phi) is 3.37. The standard InChI is InChI=1S/C14H13N3OS/c18-13(7-6-10-3-2-8-19-10)17-14-11-4-1-5-12(11)15-9-16-14/h2-3,6-9H,1,4-5H2,(H,15,16,17,18)/b7-6+. The van der Waals surface area contributed by atoms with Crippen LogP contribution in [-0.2, 0) is 17.6 Å². The Labute approximate surface area is 115 Å². The minimum absolute atomic E-state index is 0.152. The van der Waals surface area contributed by atoms with Gasteiger partial charge in [0.05, 0.1) is 0 Å². The smallest absolute Gasteiger partial charge is 0.249 e. The number of thiophene rings is 1. The maximum atomic E-state index is 11.9. The number of amides is 1. The highest BCUT2D eigenvalue weighted by atomic mass is 32.1. The lowest BCUT2D eigenvalue weighted by atomic mass is 10.2. The van der Waals surface area contributed by atoms with Gasteiger partial charge in [0, 0.05) is 22.2 Å². The maximum absolute atomic E-state index is 11.9. The predicted molar refractivity (Wildman–Crippen MR) is 76.0 cm³/mol. The second-order valence-electron chi connectivity index (χ2n) is 4.34. The van der Waals surface area contributed by atoms with E-state index in [2.05, 4.69) is 15.3 Å². The molecule has 0 saturated heterocycles. The van der Waals surface area contributed by atoms with Gasteiger partial charge in [-0.25, -0.2) is 9.97 Å².